The molecule has 3 aromatic rings. The number of carbonyl (C=O) groups excluding carboxylic acids is 1. The van der Waals surface area contributed by atoms with Gasteiger partial charge in [0.1, 0.15) is 0 Å². The van der Waals surface area contributed by atoms with E-state index in [1.165, 1.54) is 16.5 Å². The topological polar surface area (TPSA) is 54.6 Å². The molecule has 1 N–H and O–H groups in total. The fourth-order valence-electron chi connectivity index (χ4n) is 3.45. The second-order valence-corrected chi connectivity index (χ2v) is 6.51. The Kier molecular flexibility index (Phi) is 4.83. The number of nitrogens with zero attached hydrogens (tertiary/aromatic N) is 1. The highest BCUT2D eigenvalue weighted by Gasteiger charge is 2.20. The van der Waals surface area contributed by atoms with E-state index in [2.05, 4.69) is 29.4 Å². The molecule has 27 heavy (non-hydrogen) atoms. The second-order valence-electron chi connectivity index (χ2n) is 6.51. The van der Waals surface area contributed by atoms with Crippen molar-refractivity contribution in [1.29, 1.82) is 0 Å². The third kappa shape index (κ3) is 3.53. The highest BCUT2D eigenvalue weighted by molar-refractivity contribution is 5.93. The van der Waals surface area contributed by atoms with E-state index < -0.39 is 0 Å². The van der Waals surface area contributed by atoms with Crippen LogP contribution in [-0.4, -0.2) is 42.6 Å². The normalized spacial score (nSPS) is 14.1. The zero-order valence-corrected chi connectivity index (χ0v) is 15.3. The van der Waals surface area contributed by atoms with Crippen LogP contribution in [0.15, 0.2) is 60.8 Å². The summed E-state index contributed by atoms with van der Waals surface area (Å²) in [6, 6.07) is 15.6. The van der Waals surface area contributed by atoms with Gasteiger partial charge < -0.3 is 19.4 Å². The summed E-state index contributed by atoms with van der Waals surface area (Å²) in [6.45, 7) is 1.30. The molecular weight excluding hydrogens is 340 g/mol. The molecule has 2 heterocycles. The van der Waals surface area contributed by atoms with Gasteiger partial charge >= 0.3 is 0 Å². The van der Waals surface area contributed by atoms with Crippen LogP contribution in [-0.2, 0) is 4.79 Å². The average molecular weight is 362 g/mol. The Bertz CT molecular complexity index is 990. The maximum Gasteiger partial charge on any atom is 0.260 e. The molecule has 5 heteroatoms. The fourth-order valence-corrected chi connectivity index (χ4v) is 3.45. The van der Waals surface area contributed by atoms with Gasteiger partial charge in [-0.15, -0.1) is 0 Å². The van der Waals surface area contributed by atoms with Gasteiger partial charge in [0.15, 0.2) is 18.1 Å². The molecule has 2 aromatic carbocycles. The van der Waals surface area contributed by atoms with Gasteiger partial charge in [-0.05, 0) is 30.2 Å². The molecule has 138 valence electrons. The molecule has 5 nitrogen and oxygen atoms in total. The number of methoxy groups -OCH3 is 1. The molecule has 0 saturated heterocycles. The smallest absolute Gasteiger partial charge is 0.260 e. The fraction of sp³-hybridized carbons (Fsp3) is 0.227. The third-order valence-corrected chi connectivity index (χ3v) is 4.92. The van der Waals surface area contributed by atoms with E-state index >= 15 is 0 Å². The average Bonchev–Trinajstić information content (AvgIpc) is 3.16. The quantitative estimate of drug-likeness (QED) is 0.750. The molecule has 0 unspecified atom stereocenters. The lowest BCUT2D eigenvalue weighted by Gasteiger charge is -2.26. The molecule has 0 spiro atoms. The zero-order chi connectivity index (χ0) is 18.6. The van der Waals surface area contributed by atoms with Crippen molar-refractivity contribution < 1.29 is 14.3 Å². The number of rotatable bonds is 5. The van der Waals surface area contributed by atoms with Crippen molar-refractivity contribution in [2.24, 2.45) is 0 Å². The van der Waals surface area contributed by atoms with Gasteiger partial charge in [-0.1, -0.05) is 36.4 Å². The minimum Gasteiger partial charge on any atom is -0.493 e. The van der Waals surface area contributed by atoms with Crippen LogP contribution in [0.5, 0.6) is 11.5 Å². The summed E-state index contributed by atoms with van der Waals surface area (Å²) in [5, 5.41) is 1.23. The van der Waals surface area contributed by atoms with Gasteiger partial charge in [0.05, 0.1) is 7.11 Å². The highest BCUT2D eigenvalue weighted by Crippen LogP contribution is 2.29. The molecule has 0 radical (unpaired) electrons. The number of benzene rings is 2. The molecule has 1 aromatic heterocycles. The van der Waals surface area contributed by atoms with Gasteiger partial charge in [-0.3, -0.25) is 4.79 Å². The van der Waals surface area contributed by atoms with E-state index in [-0.39, 0.29) is 12.5 Å². The Morgan fingerprint density at radius 2 is 1.89 bits per heavy atom. The molecular formula is C22H22N2O3. The molecule has 0 saturated carbocycles. The molecule has 0 atom stereocenters. The first-order valence-corrected chi connectivity index (χ1v) is 9.05. The van der Waals surface area contributed by atoms with Crippen LogP contribution in [0.25, 0.3) is 16.5 Å². The summed E-state index contributed by atoms with van der Waals surface area (Å²) in [5.74, 6) is 1.20. The number of nitrogens with one attached hydrogen (secondary N) is 1. The summed E-state index contributed by atoms with van der Waals surface area (Å²) >= 11 is 0. The summed E-state index contributed by atoms with van der Waals surface area (Å²) in [7, 11) is 1.59. The van der Waals surface area contributed by atoms with Crippen LogP contribution in [0.2, 0.25) is 0 Å². The van der Waals surface area contributed by atoms with Crippen LogP contribution in [0.4, 0.5) is 0 Å². The number of H-pyrrole nitrogens is 1. The first kappa shape index (κ1) is 17.2. The van der Waals surface area contributed by atoms with Crippen molar-refractivity contribution in [1.82, 2.24) is 9.88 Å². The minimum absolute atomic E-state index is 0.0105. The lowest BCUT2D eigenvalue weighted by atomic mass is 9.99. The Hall–Kier alpha value is -3.21. The van der Waals surface area contributed by atoms with E-state index in [4.69, 9.17) is 9.47 Å². The SMILES string of the molecule is COc1ccccc1OCC(=O)N1CC=C(c2c[nH]c3ccccc23)CC1. The minimum atomic E-state index is -0.0184. The lowest BCUT2D eigenvalue weighted by Crippen LogP contribution is -2.37. The van der Waals surface area contributed by atoms with Crippen LogP contribution in [0.3, 0.4) is 0 Å². The van der Waals surface area contributed by atoms with Crippen LogP contribution in [0.1, 0.15) is 12.0 Å². The number of carbonyl (C=O) groups is 1. The maximum atomic E-state index is 12.5. The van der Waals surface area contributed by atoms with Gasteiger partial charge in [0.2, 0.25) is 0 Å². The van der Waals surface area contributed by atoms with E-state index in [0.29, 0.717) is 24.6 Å². The van der Waals surface area contributed by atoms with Crippen molar-refractivity contribution in [2.45, 2.75) is 6.42 Å². The summed E-state index contributed by atoms with van der Waals surface area (Å²) in [6.07, 6.45) is 5.03. The monoisotopic (exact) mass is 362 g/mol. The van der Waals surface area contributed by atoms with E-state index in [1.54, 1.807) is 13.2 Å². The molecule has 1 amide bonds. The number of amides is 1. The van der Waals surface area contributed by atoms with Crippen molar-refractivity contribution >= 4 is 22.4 Å². The number of hydrogen-bond acceptors (Lipinski definition) is 3. The maximum absolute atomic E-state index is 12.5. The van der Waals surface area contributed by atoms with Gasteiger partial charge in [0, 0.05) is 35.8 Å². The van der Waals surface area contributed by atoms with Crippen molar-refractivity contribution in [2.75, 3.05) is 26.8 Å². The molecule has 1 aliphatic heterocycles. The molecule has 0 aliphatic carbocycles. The third-order valence-electron chi connectivity index (χ3n) is 4.92. The summed E-state index contributed by atoms with van der Waals surface area (Å²) < 4.78 is 10.9. The second kappa shape index (κ2) is 7.58. The zero-order valence-electron chi connectivity index (χ0n) is 15.3. The predicted octanol–water partition coefficient (Wildman–Crippen LogP) is 3.87. The highest BCUT2D eigenvalue weighted by atomic mass is 16.5. The van der Waals surface area contributed by atoms with Gasteiger partial charge in [-0.2, -0.15) is 0 Å². The Balaban J connectivity index is 1.40. The molecule has 0 fully saturated rings. The molecule has 4 rings (SSSR count). The number of aromatic amines is 1. The van der Waals surface area contributed by atoms with Gasteiger partial charge in [-0.25, -0.2) is 0 Å². The first-order chi connectivity index (χ1) is 13.3. The Morgan fingerprint density at radius 1 is 1.11 bits per heavy atom. The van der Waals surface area contributed by atoms with Gasteiger partial charge in [0.25, 0.3) is 5.91 Å². The summed E-state index contributed by atoms with van der Waals surface area (Å²) in [4.78, 5) is 17.6. The Labute approximate surface area is 158 Å². The number of hydrogen-bond donors (Lipinski definition) is 1. The number of aromatic nitrogens is 1. The van der Waals surface area contributed by atoms with E-state index in [0.717, 1.165) is 11.9 Å². The number of ether oxygens (including phenoxy) is 2. The van der Waals surface area contributed by atoms with E-state index in [9.17, 15) is 4.79 Å². The van der Waals surface area contributed by atoms with Crippen molar-refractivity contribution in [3.8, 4) is 11.5 Å². The Morgan fingerprint density at radius 3 is 2.67 bits per heavy atom. The van der Waals surface area contributed by atoms with Crippen molar-refractivity contribution in [3.05, 3.63) is 66.4 Å². The standard InChI is InChI=1S/C22H22N2O3/c1-26-20-8-4-5-9-21(20)27-15-22(25)24-12-10-16(11-13-24)18-14-23-19-7-3-2-6-17(18)19/h2-10,14,23H,11-13,15H2,1H3. The lowest BCUT2D eigenvalue weighted by molar-refractivity contribution is -0.132. The number of para-hydroxylation sites is 3. The van der Waals surface area contributed by atoms with Crippen molar-refractivity contribution in [3.63, 3.8) is 0 Å². The van der Waals surface area contributed by atoms with Crippen LogP contribution in [0, 0.1) is 0 Å². The van der Waals surface area contributed by atoms with E-state index in [1.807, 2.05) is 35.2 Å². The first-order valence-electron chi connectivity index (χ1n) is 9.05. The largest absolute Gasteiger partial charge is 0.493 e. The predicted molar refractivity (Wildman–Crippen MR) is 106 cm³/mol. The van der Waals surface area contributed by atoms with Crippen LogP contribution >= 0.6 is 0 Å². The molecule has 1 aliphatic rings. The molecule has 0 bridgehead atoms. The number of fused-ring (bicyclic) bond motifs is 1. The summed E-state index contributed by atoms with van der Waals surface area (Å²) in [5.41, 5.74) is 3.64. The van der Waals surface area contributed by atoms with Crippen LogP contribution < -0.4 is 9.47 Å².